The van der Waals surface area contributed by atoms with Gasteiger partial charge < -0.3 is 9.64 Å². The van der Waals surface area contributed by atoms with Crippen molar-refractivity contribution in [1.82, 2.24) is 4.90 Å². The molecule has 1 amide bonds. The summed E-state index contributed by atoms with van der Waals surface area (Å²) in [6.45, 7) is 0.335. The lowest BCUT2D eigenvalue weighted by Crippen LogP contribution is -2.25. The van der Waals surface area contributed by atoms with Crippen molar-refractivity contribution in [2.45, 2.75) is 6.61 Å². The second-order valence-corrected chi connectivity index (χ2v) is 3.22. The topological polar surface area (TPSA) is 64.8 Å². The molecule has 1 aromatic rings. The molecule has 5 heteroatoms. The predicted octanol–water partition coefficient (Wildman–Crippen LogP) is 1.14. The largest absolute Gasteiger partial charge is 0.414 e. The van der Waals surface area contributed by atoms with E-state index in [-0.39, 0.29) is 0 Å². The molecule has 0 saturated heterocycles. The fourth-order valence-electron chi connectivity index (χ4n) is 0.942. The summed E-state index contributed by atoms with van der Waals surface area (Å²) in [6, 6.07) is 6.95. The first-order chi connectivity index (χ1) is 7.13. The molecule has 0 aliphatic carbocycles. The van der Waals surface area contributed by atoms with Crippen LogP contribution in [0.25, 0.3) is 0 Å². The van der Waals surface area contributed by atoms with Crippen molar-refractivity contribution >= 4 is 6.09 Å². The number of hydrogen-bond acceptors (Lipinski definition) is 4. The van der Waals surface area contributed by atoms with Gasteiger partial charge in [-0.2, -0.15) is 0 Å². The van der Waals surface area contributed by atoms with E-state index in [1.54, 1.807) is 38.4 Å². The van der Waals surface area contributed by atoms with Gasteiger partial charge in [-0.1, -0.05) is 12.1 Å². The second-order valence-electron chi connectivity index (χ2n) is 3.22. The highest BCUT2D eigenvalue weighted by molar-refractivity contribution is 5.69. The highest BCUT2D eigenvalue weighted by atomic mass is 16.6. The molecule has 0 radical (unpaired) electrons. The first-order valence-electron chi connectivity index (χ1n) is 4.43. The van der Waals surface area contributed by atoms with Gasteiger partial charge in [-0.25, -0.2) is 10.7 Å². The summed E-state index contributed by atoms with van der Waals surface area (Å²) in [5.41, 5.74) is 0.919. The normalized spacial score (nSPS) is 9.80. The maximum Gasteiger partial charge on any atom is 0.414 e. The molecule has 0 heterocycles. The Morgan fingerprint density at radius 1 is 1.33 bits per heavy atom. The van der Waals surface area contributed by atoms with Gasteiger partial charge in [0.1, 0.15) is 5.75 Å². The average Bonchev–Trinajstić information content (AvgIpc) is 2.21. The van der Waals surface area contributed by atoms with Crippen molar-refractivity contribution in [3.63, 3.8) is 0 Å². The molecule has 15 heavy (non-hydrogen) atoms. The Bertz CT molecular complexity index is 322. The van der Waals surface area contributed by atoms with Crippen molar-refractivity contribution in [1.29, 1.82) is 0 Å². The van der Waals surface area contributed by atoms with E-state index in [9.17, 15) is 4.79 Å². The Hall–Kier alpha value is -1.59. The first-order valence-corrected chi connectivity index (χ1v) is 4.43. The Balaban J connectivity index is 2.60. The van der Waals surface area contributed by atoms with Crippen LogP contribution in [0, 0.1) is 0 Å². The maximum absolute atomic E-state index is 11.2. The number of benzene rings is 1. The molecule has 0 fully saturated rings. The molecule has 82 valence electrons. The molecule has 0 aromatic heterocycles. The molecule has 1 aromatic carbocycles. The minimum atomic E-state index is -0.405. The molecular formula is C10H14N2O3. The third-order valence-electron chi connectivity index (χ3n) is 1.74. The van der Waals surface area contributed by atoms with Crippen LogP contribution in [0.15, 0.2) is 24.3 Å². The molecule has 0 aliphatic heterocycles. The van der Waals surface area contributed by atoms with Crippen molar-refractivity contribution in [3.05, 3.63) is 29.8 Å². The predicted molar refractivity (Wildman–Crippen MR) is 55.1 cm³/mol. The van der Waals surface area contributed by atoms with Gasteiger partial charge in [0, 0.05) is 14.1 Å². The molecule has 0 spiro atoms. The van der Waals surface area contributed by atoms with Crippen LogP contribution in [0.5, 0.6) is 5.75 Å². The monoisotopic (exact) mass is 210 g/mol. The van der Waals surface area contributed by atoms with Crippen LogP contribution in [0.4, 0.5) is 4.79 Å². The summed E-state index contributed by atoms with van der Waals surface area (Å²) in [6.07, 6.45) is -0.405. The van der Waals surface area contributed by atoms with Gasteiger partial charge in [0.25, 0.3) is 0 Å². The van der Waals surface area contributed by atoms with Gasteiger partial charge in [0.2, 0.25) is 0 Å². The molecule has 0 aliphatic rings. The second kappa shape index (κ2) is 5.33. The summed E-state index contributed by atoms with van der Waals surface area (Å²) in [5.74, 6) is 5.42. The Kier molecular flexibility index (Phi) is 4.08. The van der Waals surface area contributed by atoms with Crippen LogP contribution in [0.3, 0.4) is 0 Å². The summed E-state index contributed by atoms with van der Waals surface area (Å²) in [5, 5.41) is 0. The zero-order valence-electron chi connectivity index (χ0n) is 8.77. The first kappa shape index (κ1) is 11.5. The van der Waals surface area contributed by atoms with Crippen LogP contribution in [-0.2, 0) is 11.4 Å². The zero-order chi connectivity index (χ0) is 11.3. The van der Waals surface area contributed by atoms with E-state index >= 15 is 0 Å². The smallest absolute Gasteiger partial charge is 0.410 e. The number of amides is 1. The molecule has 0 unspecified atom stereocenters. The number of ether oxygens (including phenoxy) is 1. The van der Waals surface area contributed by atoms with Crippen LogP contribution >= 0.6 is 0 Å². The highest BCUT2D eigenvalue weighted by Gasteiger charge is 2.05. The van der Waals surface area contributed by atoms with Gasteiger partial charge in [0.05, 0.1) is 6.61 Å². The van der Waals surface area contributed by atoms with Crippen molar-refractivity contribution in [2.24, 2.45) is 5.90 Å². The van der Waals surface area contributed by atoms with Crippen LogP contribution in [-0.4, -0.2) is 25.1 Å². The number of carbonyl (C=O) groups excluding carboxylic acids is 1. The van der Waals surface area contributed by atoms with Gasteiger partial charge in [0.15, 0.2) is 0 Å². The molecular weight excluding hydrogens is 196 g/mol. The molecule has 5 nitrogen and oxygen atoms in total. The van der Waals surface area contributed by atoms with E-state index in [0.717, 1.165) is 5.56 Å². The van der Waals surface area contributed by atoms with E-state index < -0.39 is 6.09 Å². The standard InChI is InChI=1S/C10H14N2O3/c1-12(2)10(13)15-9-5-3-8(4-6-9)7-14-11/h3-6H,7,11H2,1-2H3. The highest BCUT2D eigenvalue weighted by Crippen LogP contribution is 2.13. The van der Waals surface area contributed by atoms with Gasteiger partial charge >= 0.3 is 6.09 Å². The minimum Gasteiger partial charge on any atom is -0.410 e. The molecule has 0 bridgehead atoms. The number of rotatable bonds is 3. The molecule has 1 rings (SSSR count). The third-order valence-corrected chi connectivity index (χ3v) is 1.74. The van der Waals surface area contributed by atoms with Gasteiger partial charge in [-0.05, 0) is 17.7 Å². The summed E-state index contributed by atoms with van der Waals surface area (Å²) in [7, 11) is 3.25. The van der Waals surface area contributed by atoms with E-state index in [2.05, 4.69) is 4.84 Å². The van der Waals surface area contributed by atoms with E-state index in [1.807, 2.05) is 0 Å². The Labute approximate surface area is 88.3 Å². The fraction of sp³-hybridized carbons (Fsp3) is 0.300. The van der Waals surface area contributed by atoms with E-state index in [0.29, 0.717) is 12.4 Å². The van der Waals surface area contributed by atoms with E-state index in [1.165, 1.54) is 4.90 Å². The number of carbonyl (C=O) groups is 1. The van der Waals surface area contributed by atoms with Gasteiger partial charge in [-0.15, -0.1) is 0 Å². The summed E-state index contributed by atoms with van der Waals surface area (Å²) < 4.78 is 5.02. The van der Waals surface area contributed by atoms with Crippen LogP contribution < -0.4 is 10.6 Å². The fourth-order valence-corrected chi connectivity index (χ4v) is 0.942. The van der Waals surface area contributed by atoms with Crippen molar-refractivity contribution in [2.75, 3.05) is 14.1 Å². The molecule has 0 atom stereocenters. The van der Waals surface area contributed by atoms with Crippen LogP contribution in [0.1, 0.15) is 5.56 Å². The minimum absolute atomic E-state index is 0.335. The average molecular weight is 210 g/mol. The third kappa shape index (κ3) is 3.57. The maximum atomic E-state index is 11.2. The molecule has 2 N–H and O–H groups in total. The Morgan fingerprint density at radius 2 is 1.93 bits per heavy atom. The molecule has 0 saturated carbocycles. The summed E-state index contributed by atoms with van der Waals surface area (Å²) in [4.78, 5) is 17.0. The Morgan fingerprint density at radius 3 is 2.40 bits per heavy atom. The van der Waals surface area contributed by atoms with Crippen LogP contribution in [0.2, 0.25) is 0 Å². The SMILES string of the molecule is CN(C)C(=O)Oc1ccc(CON)cc1. The number of hydrogen-bond donors (Lipinski definition) is 1. The van der Waals surface area contributed by atoms with E-state index in [4.69, 9.17) is 10.6 Å². The van der Waals surface area contributed by atoms with Gasteiger partial charge in [-0.3, -0.25) is 4.84 Å². The summed E-state index contributed by atoms with van der Waals surface area (Å²) >= 11 is 0. The number of nitrogens with zero attached hydrogens (tertiary/aromatic N) is 1. The zero-order valence-corrected chi connectivity index (χ0v) is 8.77. The lowest BCUT2D eigenvalue weighted by Gasteiger charge is -2.10. The quantitative estimate of drug-likeness (QED) is 0.760. The lowest BCUT2D eigenvalue weighted by molar-refractivity contribution is 0.124. The van der Waals surface area contributed by atoms with Crippen molar-refractivity contribution in [3.8, 4) is 5.75 Å². The lowest BCUT2D eigenvalue weighted by atomic mass is 10.2. The number of nitrogens with two attached hydrogens (primary N) is 1. The van der Waals surface area contributed by atoms with Crippen molar-refractivity contribution < 1.29 is 14.4 Å².